The van der Waals surface area contributed by atoms with Gasteiger partial charge in [0.1, 0.15) is 0 Å². The van der Waals surface area contributed by atoms with Crippen LogP contribution in [0.2, 0.25) is 0 Å². The van der Waals surface area contributed by atoms with E-state index in [0.29, 0.717) is 5.56 Å². The Labute approximate surface area is 112 Å². The summed E-state index contributed by atoms with van der Waals surface area (Å²) in [6.07, 6.45) is 1.99. The van der Waals surface area contributed by atoms with E-state index in [-0.39, 0.29) is 23.7 Å². The quantitative estimate of drug-likeness (QED) is 0.332. The third-order valence-electron chi connectivity index (χ3n) is 3.58. The van der Waals surface area contributed by atoms with E-state index < -0.39 is 0 Å². The Kier molecular flexibility index (Phi) is 3.74. The molecule has 4 N–H and O–H groups in total. The van der Waals surface area contributed by atoms with E-state index in [4.69, 9.17) is 10.9 Å². The minimum Gasteiger partial charge on any atom is -0.409 e. The van der Waals surface area contributed by atoms with Crippen molar-refractivity contribution < 1.29 is 10.0 Å². The summed E-state index contributed by atoms with van der Waals surface area (Å²) in [4.78, 5) is 12.2. The van der Waals surface area contributed by atoms with Crippen molar-refractivity contribution in [3.8, 4) is 0 Å². The highest BCUT2D eigenvalue weighted by Gasteiger charge is 2.35. The second kappa shape index (κ2) is 5.30. The van der Waals surface area contributed by atoms with Gasteiger partial charge in [-0.15, -0.1) is 0 Å². The van der Waals surface area contributed by atoms with E-state index in [0.717, 1.165) is 24.0 Å². The molecule has 1 saturated carbocycles. The molecule has 1 fully saturated rings. The summed E-state index contributed by atoms with van der Waals surface area (Å²) in [5.74, 6) is 0.165. The average molecular weight is 261 g/mol. The number of amidine groups is 1. The Balaban J connectivity index is 2.12. The normalized spacial score (nSPS) is 17.1. The number of nitrogens with two attached hydrogens (primary N) is 1. The highest BCUT2D eigenvalue weighted by Crippen LogP contribution is 2.32. The first-order chi connectivity index (χ1) is 9.02. The molecule has 0 heterocycles. The van der Waals surface area contributed by atoms with E-state index >= 15 is 0 Å². The molecule has 19 heavy (non-hydrogen) atoms. The van der Waals surface area contributed by atoms with Crippen LogP contribution in [-0.4, -0.2) is 23.0 Å². The number of amides is 1. The first-order valence-electron chi connectivity index (χ1n) is 6.38. The number of nitrogens with one attached hydrogen (secondary N) is 1. The van der Waals surface area contributed by atoms with Crippen molar-refractivity contribution >= 4 is 11.7 Å². The van der Waals surface area contributed by atoms with Gasteiger partial charge in [0.05, 0.1) is 6.04 Å². The number of hydrogen-bond acceptors (Lipinski definition) is 3. The molecule has 5 heteroatoms. The van der Waals surface area contributed by atoms with Gasteiger partial charge in [0.25, 0.3) is 5.91 Å². The number of carbonyl (C=O) groups excluding carboxylic acids is 1. The molecule has 0 bridgehead atoms. The molecule has 0 aliphatic heterocycles. The molecular formula is C14H19N3O2. The van der Waals surface area contributed by atoms with Crippen LogP contribution in [-0.2, 0) is 0 Å². The van der Waals surface area contributed by atoms with E-state index in [1.807, 2.05) is 26.0 Å². The molecule has 0 radical (unpaired) electrons. The Morgan fingerprint density at radius 3 is 2.63 bits per heavy atom. The van der Waals surface area contributed by atoms with Crippen molar-refractivity contribution in [1.82, 2.24) is 5.32 Å². The Hall–Kier alpha value is -2.04. The molecule has 1 amide bonds. The van der Waals surface area contributed by atoms with Gasteiger partial charge in [0.2, 0.25) is 0 Å². The van der Waals surface area contributed by atoms with Crippen LogP contribution in [0.3, 0.4) is 0 Å². The predicted octanol–water partition coefficient (Wildman–Crippen LogP) is 1.56. The Morgan fingerprint density at radius 2 is 2.11 bits per heavy atom. The number of benzene rings is 1. The molecule has 2 rings (SSSR count). The molecule has 1 unspecified atom stereocenters. The fourth-order valence-electron chi connectivity index (χ4n) is 2.03. The van der Waals surface area contributed by atoms with Crippen LogP contribution in [0.1, 0.15) is 34.3 Å². The van der Waals surface area contributed by atoms with E-state index in [9.17, 15) is 4.79 Å². The van der Waals surface area contributed by atoms with Crippen molar-refractivity contribution in [2.75, 3.05) is 0 Å². The van der Waals surface area contributed by atoms with Crippen LogP contribution in [0.4, 0.5) is 0 Å². The summed E-state index contributed by atoms with van der Waals surface area (Å²) in [6, 6.07) is 5.17. The molecule has 102 valence electrons. The number of carbonyl (C=O) groups is 1. The largest absolute Gasteiger partial charge is 0.409 e. The van der Waals surface area contributed by atoms with Crippen molar-refractivity contribution in [1.29, 1.82) is 0 Å². The molecule has 1 aliphatic carbocycles. The van der Waals surface area contributed by atoms with Gasteiger partial charge in [0.15, 0.2) is 5.84 Å². The van der Waals surface area contributed by atoms with Gasteiger partial charge in [-0.3, -0.25) is 4.79 Å². The van der Waals surface area contributed by atoms with Crippen LogP contribution in [0, 0.1) is 19.8 Å². The number of rotatable bonds is 4. The van der Waals surface area contributed by atoms with Gasteiger partial charge in [-0.2, -0.15) is 0 Å². The van der Waals surface area contributed by atoms with Gasteiger partial charge in [0, 0.05) is 5.56 Å². The molecule has 1 aliphatic rings. The van der Waals surface area contributed by atoms with E-state index in [2.05, 4.69) is 10.5 Å². The lowest BCUT2D eigenvalue weighted by Gasteiger charge is -2.17. The lowest BCUT2D eigenvalue weighted by atomic mass is 10.1. The van der Waals surface area contributed by atoms with Crippen molar-refractivity contribution in [2.24, 2.45) is 16.8 Å². The first kappa shape index (κ1) is 13.4. The van der Waals surface area contributed by atoms with Crippen LogP contribution >= 0.6 is 0 Å². The standard InChI is InChI=1S/C14H19N3O2/c1-8-3-4-11(7-9(8)2)14(18)16-12(10-5-6-10)13(15)17-19/h3-4,7,10,12,19H,5-6H2,1-2H3,(H2,15,17)(H,16,18). The minimum atomic E-state index is -0.376. The third kappa shape index (κ3) is 3.05. The van der Waals surface area contributed by atoms with Crippen LogP contribution < -0.4 is 11.1 Å². The van der Waals surface area contributed by atoms with Crippen LogP contribution in [0.5, 0.6) is 0 Å². The Morgan fingerprint density at radius 1 is 1.42 bits per heavy atom. The van der Waals surface area contributed by atoms with Crippen molar-refractivity contribution in [3.63, 3.8) is 0 Å². The fraction of sp³-hybridized carbons (Fsp3) is 0.429. The van der Waals surface area contributed by atoms with E-state index in [1.54, 1.807) is 6.07 Å². The number of nitrogens with zero attached hydrogens (tertiary/aromatic N) is 1. The van der Waals surface area contributed by atoms with Gasteiger partial charge < -0.3 is 16.3 Å². The molecular weight excluding hydrogens is 242 g/mol. The lowest BCUT2D eigenvalue weighted by molar-refractivity contribution is 0.0943. The summed E-state index contributed by atoms with van der Waals surface area (Å²) in [7, 11) is 0. The molecule has 0 saturated heterocycles. The molecule has 1 atom stereocenters. The van der Waals surface area contributed by atoms with Gasteiger partial charge in [-0.1, -0.05) is 11.2 Å². The summed E-state index contributed by atoms with van der Waals surface area (Å²) in [6.45, 7) is 3.97. The highest BCUT2D eigenvalue weighted by atomic mass is 16.4. The zero-order valence-corrected chi connectivity index (χ0v) is 11.2. The first-order valence-corrected chi connectivity index (χ1v) is 6.38. The maximum atomic E-state index is 12.2. The zero-order chi connectivity index (χ0) is 14.0. The Bertz CT molecular complexity index is 521. The number of hydrogen-bond donors (Lipinski definition) is 3. The third-order valence-corrected chi connectivity index (χ3v) is 3.58. The summed E-state index contributed by atoms with van der Waals surface area (Å²) in [5, 5.41) is 14.6. The zero-order valence-electron chi connectivity index (χ0n) is 11.2. The summed E-state index contributed by atoms with van der Waals surface area (Å²) < 4.78 is 0. The maximum absolute atomic E-state index is 12.2. The minimum absolute atomic E-state index is 0.0692. The topological polar surface area (TPSA) is 87.7 Å². The van der Waals surface area contributed by atoms with Crippen LogP contribution in [0.25, 0.3) is 0 Å². The van der Waals surface area contributed by atoms with Crippen molar-refractivity contribution in [3.05, 3.63) is 34.9 Å². The fourth-order valence-corrected chi connectivity index (χ4v) is 2.03. The summed E-state index contributed by atoms with van der Waals surface area (Å²) in [5.41, 5.74) is 8.43. The molecule has 0 spiro atoms. The lowest BCUT2D eigenvalue weighted by Crippen LogP contribution is -2.46. The molecule has 1 aromatic rings. The van der Waals surface area contributed by atoms with Crippen molar-refractivity contribution in [2.45, 2.75) is 32.7 Å². The van der Waals surface area contributed by atoms with E-state index in [1.165, 1.54) is 0 Å². The predicted molar refractivity (Wildman–Crippen MR) is 73.3 cm³/mol. The second-order valence-corrected chi connectivity index (χ2v) is 5.11. The number of aryl methyl sites for hydroxylation is 2. The smallest absolute Gasteiger partial charge is 0.251 e. The monoisotopic (exact) mass is 261 g/mol. The second-order valence-electron chi connectivity index (χ2n) is 5.11. The molecule has 5 nitrogen and oxygen atoms in total. The van der Waals surface area contributed by atoms with Gasteiger partial charge in [-0.05, 0) is 55.9 Å². The summed E-state index contributed by atoms with van der Waals surface area (Å²) >= 11 is 0. The highest BCUT2D eigenvalue weighted by molar-refractivity contribution is 5.98. The molecule has 0 aromatic heterocycles. The SMILES string of the molecule is Cc1ccc(C(=O)NC(C(N)=NO)C2CC2)cc1C. The van der Waals surface area contributed by atoms with Crippen LogP contribution in [0.15, 0.2) is 23.4 Å². The van der Waals surface area contributed by atoms with Gasteiger partial charge in [-0.25, -0.2) is 0 Å². The maximum Gasteiger partial charge on any atom is 0.251 e. The molecule has 1 aromatic carbocycles. The number of oxime groups is 1. The average Bonchev–Trinajstić information content (AvgIpc) is 3.22. The van der Waals surface area contributed by atoms with Gasteiger partial charge >= 0.3 is 0 Å².